The van der Waals surface area contributed by atoms with E-state index in [0.717, 1.165) is 50.4 Å². The standard InChI is InChI=1S/C36H52O3.C9H18N2OS.C2H6/c1-21(2)30-28(37)20-33(4)18-19-35(6)27(31(30)33)12-13-29-34(5)16-14-25(22(3)26(34)15-17-36(29,35)7)23-8-10-24(11-9-23)32(38)39;1-13-9-2-5-11(6-3-9)7-4-10-8-12;1-2/h8,14,21-22,24,26-27,29H,9-13,15-20H2,1-7H3,(H,38,39);8-9H,2-7H2,1H3,(H,10,12);1-2H3/t22?,24?,26?,27?,29?,33?,34?,35-,36?;;/m1../s1. The maximum Gasteiger partial charge on any atom is 0.306 e. The van der Waals surface area contributed by atoms with Gasteiger partial charge in [-0.15, -0.1) is 0 Å². The minimum atomic E-state index is -0.638. The van der Waals surface area contributed by atoms with Crippen LogP contribution in [-0.4, -0.2) is 65.9 Å². The number of hydrogen-bond acceptors (Lipinski definition) is 5. The van der Waals surface area contributed by atoms with E-state index in [4.69, 9.17) is 0 Å². The Bertz CT molecular complexity index is 1480. The summed E-state index contributed by atoms with van der Waals surface area (Å²) in [6.45, 7) is 25.5. The number of thioether (sulfide) groups is 1. The van der Waals surface area contributed by atoms with Gasteiger partial charge in [-0.1, -0.05) is 80.0 Å². The molecule has 0 spiro atoms. The molecule has 6 aliphatic carbocycles. The third kappa shape index (κ3) is 7.73. The van der Waals surface area contributed by atoms with Crippen molar-refractivity contribution < 1.29 is 19.5 Å². The number of allylic oxidation sites excluding steroid dienone is 6. The molecule has 3 saturated carbocycles. The quantitative estimate of drug-likeness (QED) is 0.189. The van der Waals surface area contributed by atoms with Crippen LogP contribution in [0.2, 0.25) is 0 Å². The molecule has 0 radical (unpaired) electrons. The summed E-state index contributed by atoms with van der Waals surface area (Å²) < 4.78 is 0. The summed E-state index contributed by atoms with van der Waals surface area (Å²) >= 11 is 1.98. The van der Waals surface area contributed by atoms with Crippen LogP contribution in [0, 0.1) is 57.2 Å². The minimum Gasteiger partial charge on any atom is -0.481 e. The summed E-state index contributed by atoms with van der Waals surface area (Å²) in [6.07, 6.45) is 22.3. The highest BCUT2D eigenvalue weighted by Crippen LogP contribution is 2.75. The van der Waals surface area contributed by atoms with Crippen LogP contribution in [0.5, 0.6) is 0 Å². The molecule has 6 nitrogen and oxygen atoms in total. The number of ketones is 1. The normalized spacial score (nSPS) is 39.3. The largest absolute Gasteiger partial charge is 0.481 e. The summed E-state index contributed by atoms with van der Waals surface area (Å²) in [5.41, 5.74) is 6.74. The van der Waals surface area contributed by atoms with Crippen LogP contribution in [0.25, 0.3) is 0 Å². The number of carboxylic acid groups (broad SMARTS) is 1. The van der Waals surface area contributed by atoms with Gasteiger partial charge < -0.3 is 15.3 Å². The molecule has 2 N–H and O–H groups in total. The Labute approximate surface area is 333 Å². The number of Topliss-reactive ketones (excluding diaryl/α,β-unsaturated/α-hetero) is 1. The van der Waals surface area contributed by atoms with E-state index in [1.54, 1.807) is 5.57 Å². The predicted octanol–water partition coefficient (Wildman–Crippen LogP) is 10.5. The summed E-state index contributed by atoms with van der Waals surface area (Å²) in [6, 6.07) is 0. The van der Waals surface area contributed by atoms with Gasteiger partial charge in [0.15, 0.2) is 5.78 Å². The summed E-state index contributed by atoms with van der Waals surface area (Å²) in [4.78, 5) is 37.3. The number of hydrogen-bond donors (Lipinski definition) is 2. The van der Waals surface area contributed by atoms with E-state index in [1.807, 2.05) is 25.6 Å². The first kappa shape index (κ1) is 43.3. The van der Waals surface area contributed by atoms with Gasteiger partial charge in [-0.05, 0) is 164 Å². The Morgan fingerprint density at radius 3 is 2.30 bits per heavy atom. The van der Waals surface area contributed by atoms with E-state index in [0.29, 0.717) is 52.6 Å². The first-order valence-electron chi connectivity index (χ1n) is 22.0. The number of carboxylic acids is 1. The highest BCUT2D eigenvalue weighted by atomic mass is 32.2. The zero-order chi connectivity index (χ0) is 39.6. The van der Waals surface area contributed by atoms with Crippen molar-refractivity contribution in [1.82, 2.24) is 10.2 Å². The summed E-state index contributed by atoms with van der Waals surface area (Å²) in [7, 11) is 0. The van der Waals surface area contributed by atoms with Crippen LogP contribution in [0.15, 0.2) is 34.4 Å². The number of piperidine rings is 1. The van der Waals surface area contributed by atoms with Crippen molar-refractivity contribution in [2.75, 3.05) is 32.4 Å². The van der Waals surface area contributed by atoms with E-state index in [1.165, 1.54) is 81.2 Å². The van der Waals surface area contributed by atoms with Crippen LogP contribution in [0.4, 0.5) is 0 Å². The van der Waals surface area contributed by atoms with Gasteiger partial charge in [0.25, 0.3) is 0 Å². The molecule has 0 aromatic carbocycles. The molecule has 304 valence electrons. The van der Waals surface area contributed by atoms with Gasteiger partial charge in [-0.3, -0.25) is 14.4 Å². The third-order valence-corrected chi connectivity index (χ3v) is 17.8. The first-order chi connectivity index (χ1) is 25.6. The molecule has 0 bridgehead atoms. The van der Waals surface area contributed by atoms with Gasteiger partial charge in [0.1, 0.15) is 0 Å². The summed E-state index contributed by atoms with van der Waals surface area (Å²) in [5.74, 6) is 2.45. The highest BCUT2D eigenvalue weighted by Gasteiger charge is 2.68. The lowest BCUT2D eigenvalue weighted by Crippen LogP contribution is -2.63. The maximum absolute atomic E-state index is 13.3. The van der Waals surface area contributed by atoms with Gasteiger partial charge >= 0.3 is 5.97 Å². The van der Waals surface area contributed by atoms with Crippen molar-refractivity contribution in [3.63, 3.8) is 0 Å². The zero-order valence-corrected chi connectivity index (χ0v) is 36.6. The molecule has 7 aliphatic rings. The lowest BCUT2D eigenvalue weighted by atomic mass is 9.34. The monoisotopic (exact) mass is 765 g/mol. The second kappa shape index (κ2) is 17.3. The minimum absolute atomic E-state index is 0.0928. The highest BCUT2D eigenvalue weighted by molar-refractivity contribution is 7.99. The van der Waals surface area contributed by atoms with Crippen molar-refractivity contribution in [1.29, 1.82) is 0 Å². The van der Waals surface area contributed by atoms with E-state index < -0.39 is 5.97 Å². The van der Waals surface area contributed by atoms with Gasteiger partial charge in [0.05, 0.1) is 5.92 Å². The maximum atomic E-state index is 13.3. The van der Waals surface area contributed by atoms with Crippen LogP contribution in [-0.2, 0) is 14.4 Å². The molecule has 1 aliphatic heterocycles. The van der Waals surface area contributed by atoms with E-state index in [-0.39, 0.29) is 16.7 Å². The van der Waals surface area contributed by atoms with Crippen LogP contribution < -0.4 is 5.32 Å². The first-order valence-corrected chi connectivity index (χ1v) is 23.2. The molecule has 9 atom stereocenters. The summed E-state index contributed by atoms with van der Waals surface area (Å²) in [5, 5.41) is 13.0. The number of nitrogens with zero attached hydrogens (tertiary/aromatic N) is 1. The number of likely N-dealkylation sites (tertiary alicyclic amines) is 1. The topological polar surface area (TPSA) is 86.7 Å². The average molecular weight is 765 g/mol. The smallest absolute Gasteiger partial charge is 0.306 e. The molecular formula is C47H76N2O4S. The van der Waals surface area contributed by atoms with E-state index >= 15 is 0 Å². The lowest BCUT2D eigenvalue weighted by molar-refractivity contribution is -0.190. The fourth-order valence-corrected chi connectivity index (χ4v) is 14.2. The molecule has 7 heteroatoms. The second-order valence-corrected chi connectivity index (χ2v) is 20.5. The number of carbonyl (C=O) groups excluding carboxylic acids is 2. The Balaban J connectivity index is 0.000000316. The number of amides is 1. The average Bonchev–Trinajstić information content (AvgIpc) is 3.43. The molecule has 7 rings (SSSR count). The second-order valence-electron chi connectivity index (χ2n) is 19.4. The molecule has 54 heavy (non-hydrogen) atoms. The van der Waals surface area contributed by atoms with Crippen LogP contribution in [0.3, 0.4) is 0 Å². The Kier molecular flexibility index (Phi) is 13.9. The number of nitrogens with one attached hydrogen (secondary N) is 1. The molecule has 0 aromatic heterocycles. The van der Waals surface area contributed by atoms with Crippen LogP contribution >= 0.6 is 11.8 Å². The zero-order valence-electron chi connectivity index (χ0n) is 35.8. The Morgan fingerprint density at radius 1 is 1.00 bits per heavy atom. The number of aliphatic carboxylic acids is 1. The molecule has 8 unspecified atom stereocenters. The fourth-order valence-electron chi connectivity index (χ4n) is 13.5. The van der Waals surface area contributed by atoms with Crippen molar-refractivity contribution in [2.24, 2.45) is 57.2 Å². The molecule has 1 saturated heterocycles. The van der Waals surface area contributed by atoms with Gasteiger partial charge in [-0.25, -0.2) is 0 Å². The molecular weight excluding hydrogens is 689 g/mol. The SMILES string of the molecule is CC.CC(C)C1=C2C3CCC4C5(C)CC=C(C6=CCC(C(=O)O)CC6)C(C)C5CCC4(C)[C@]3(C)CCC2(C)CC1=O.CSC1CCN(CCNC=O)CC1. The Morgan fingerprint density at radius 2 is 1.70 bits per heavy atom. The molecule has 4 fully saturated rings. The fraction of sp³-hybridized carbons (Fsp3) is 0.809. The van der Waals surface area contributed by atoms with Gasteiger partial charge in [0, 0.05) is 24.8 Å². The van der Waals surface area contributed by atoms with Gasteiger partial charge in [0.2, 0.25) is 6.41 Å². The number of rotatable bonds is 8. The van der Waals surface area contributed by atoms with Crippen LogP contribution in [0.1, 0.15) is 146 Å². The lowest BCUT2D eigenvalue weighted by Gasteiger charge is -2.70. The molecule has 1 heterocycles. The van der Waals surface area contributed by atoms with E-state index in [9.17, 15) is 19.5 Å². The van der Waals surface area contributed by atoms with Crippen molar-refractivity contribution in [3.05, 3.63) is 34.4 Å². The number of fused-ring (bicyclic) bond motifs is 7. The van der Waals surface area contributed by atoms with Crippen molar-refractivity contribution in [2.45, 2.75) is 151 Å². The van der Waals surface area contributed by atoms with E-state index in [2.05, 4.69) is 77.1 Å². The Hall–Kier alpha value is -1.86. The molecule has 0 aromatic rings. The van der Waals surface area contributed by atoms with Gasteiger partial charge in [-0.2, -0.15) is 11.8 Å². The molecule has 1 amide bonds. The van der Waals surface area contributed by atoms with Crippen molar-refractivity contribution >= 4 is 29.9 Å². The number of carbonyl (C=O) groups is 3. The van der Waals surface area contributed by atoms with Crippen molar-refractivity contribution in [3.8, 4) is 0 Å². The predicted molar refractivity (Wildman–Crippen MR) is 225 cm³/mol. The third-order valence-electron chi connectivity index (χ3n) is 16.6.